The third-order valence-electron chi connectivity index (χ3n) is 4.09. The van der Waals surface area contributed by atoms with Crippen LogP contribution in [0.2, 0.25) is 0 Å². The van der Waals surface area contributed by atoms with Gasteiger partial charge in [0.05, 0.1) is 23.4 Å². The predicted molar refractivity (Wildman–Crippen MR) is 111 cm³/mol. The Balaban J connectivity index is 1.50. The molecule has 3 aromatic rings. The Morgan fingerprint density at radius 1 is 1.10 bits per heavy atom. The van der Waals surface area contributed by atoms with E-state index >= 15 is 0 Å². The summed E-state index contributed by atoms with van der Waals surface area (Å²) in [4.78, 5) is 20.8. The summed E-state index contributed by atoms with van der Waals surface area (Å²) in [7, 11) is 0. The fraction of sp³-hybridized carbons (Fsp3) is 0.136. The van der Waals surface area contributed by atoms with E-state index in [-0.39, 0.29) is 11.6 Å². The first-order chi connectivity index (χ1) is 14.2. The van der Waals surface area contributed by atoms with Crippen molar-refractivity contribution in [3.05, 3.63) is 81.9 Å². The lowest BCUT2D eigenvalue weighted by Gasteiger charge is -2.08. The Labute approximate surface area is 172 Å². The number of para-hydroxylation sites is 1. The van der Waals surface area contributed by atoms with Gasteiger partial charge in [0.25, 0.3) is 0 Å². The number of hydrogen-bond acceptors (Lipinski definition) is 7. The van der Waals surface area contributed by atoms with Crippen molar-refractivity contribution in [2.75, 3.05) is 6.61 Å². The van der Waals surface area contributed by atoms with Gasteiger partial charge in [-0.25, -0.2) is 14.8 Å². The second-order valence-corrected chi connectivity index (χ2v) is 6.82. The molecule has 29 heavy (non-hydrogen) atoms. The molecule has 146 valence electrons. The molecule has 2 aromatic carbocycles. The average Bonchev–Trinajstić information content (AvgIpc) is 3.38. The van der Waals surface area contributed by atoms with E-state index in [1.165, 1.54) is 11.3 Å². The minimum atomic E-state index is -0.491. The summed E-state index contributed by atoms with van der Waals surface area (Å²) in [5, 5.41) is 1.95. The highest BCUT2D eigenvalue weighted by atomic mass is 32.1. The number of hydrogen-bond donors (Lipinski definition) is 0. The Hall–Kier alpha value is -3.45. The molecule has 0 saturated heterocycles. The molecule has 0 spiro atoms. The lowest BCUT2D eigenvalue weighted by molar-refractivity contribution is -0.129. The van der Waals surface area contributed by atoms with Gasteiger partial charge in [-0.1, -0.05) is 24.3 Å². The molecule has 0 aliphatic carbocycles. The van der Waals surface area contributed by atoms with Gasteiger partial charge in [0, 0.05) is 5.38 Å². The number of aromatic nitrogens is 1. The highest BCUT2D eigenvalue weighted by molar-refractivity contribution is 7.07. The molecule has 0 N–H and O–H groups in total. The fourth-order valence-electron chi connectivity index (χ4n) is 2.73. The first kappa shape index (κ1) is 18.9. The third kappa shape index (κ3) is 4.52. The summed E-state index contributed by atoms with van der Waals surface area (Å²) < 4.78 is 16.6. The van der Waals surface area contributed by atoms with Crippen LogP contribution < -0.4 is 9.47 Å². The minimum Gasteiger partial charge on any atom is -0.493 e. The normalized spacial score (nSPS) is 14.6. The van der Waals surface area contributed by atoms with Crippen molar-refractivity contribution >= 4 is 29.3 Å². The van der Waals surface area contributed by atoms with E-state index in [4.69, 9.17) is 14.2 Å². The topological polar surface area (TPSA) is 70.0 Å². The van der Waals surface area contributed by atoms with Crippen molar-refractivity contribution < 1.29 is 19.0 Å². The largest absolute Gasteiger partial charge is 0.493 e. The Kier molecular flexibility index (Phi) is 5.67. The van der Waals surface area contributed by atoms with Crippen LogP contribution in [0.15, 0.2) is 70.1 Å². The molecule has 0 saturated carbocycles. The maximum Gasteiger partial charge on any atom is 0.363 e. The number of esters is 1. The maximum absolute atomic E-state index is 12.3. The molecule has 0 radical (unpaired) electrons. The van der Waals surface area contributed by atoms with Crippen molar-refractivity contribution in [2.24, 2.45) is 4.99 Å². The van der Waals surface area contributed by atoms with Crippen molar-refractivity contribution in [1.29, 1.82) is 0 Å². The van der Waals surface area contributed by atoms with Gasteiger partial charge in [-0.3, -0.25) is 0 Å². The number of aliphatic imine (C=N–C) groups is 1. The quantitative estimate of drug-likeness (QED) is 0.428. The minimum absolute atomic E-state index is 0.238. The Morgan fingerprint density at radius 3 is 2.69 bits per heavy atom. The monoisotopic (exact) mass is 406 g/mol. The summed E-state index contributed by atoms with van der Waals surface area (Å²) in [6.07, 6.45) is 1.68. The molecule has 1 aromatic heterocycles. The van der Waals surface area contributed by atoms with E-state index in [9.17, 15) is 4.79 Å². The Bertz CT molecular complexity index is 1060. The average molecular weight is 406 g/mol. The van der Waals surface area contributed by atoms with Crippen molar-refractivity contribution in [3.8, 4) is 11.5 Å². The second kappa shape index (κ2) is 8.70. The summed E-state index contributed by atoms with van der Waals surface area (Å²) >= 11 is 1.53. The molecule has 7 heteroatoms. The highest BCUT2D eigenvalue weighted by Crippen LogP contribution is 2.25. The number of benzene rings is 2. The number of ether oxygens (including phenoxy) is 3. The van der Waals surface area contributed by atoms with Crippen LogP contribution in [0.25, 0.3) is 6.08 Å². The van der Waals surface area contributed by atoms with Crippen LogP contribution in [0.4, 0.5) is 0 Å². The first-order valence-corrected chi connectivity index (χ1v) is 10.0. The fourth-order valence-corrected chi connectivity index (χ4v) is 3.28. The van der Waals surface area contributed by atoms with Crippen LogP contribution in [0, 0.1) is 0 Å². The lowest BCUT2D eigenvalue weighted by atomic mass is 10.2. The molecule has 0 bridgehead atoms. The van der Waals surface area contributed by atoms with E-state index in [1.54, 1.807) is 11.6 Å². The summed E-state index contributed by atoms with van der Waals surface area (Å²) in [6.45, 7) is 2.83. The molecule has 1 aliphatic rings. The molecule has 0 fully saturated rings. The summed E-state index contributed by atoms with van der Waals surface area (Å²) in [6, 6.07) is 14.7. The molecule has 4 rings (SSSR count). The molecular formula is C22H18N2O4S. The van der Waals surface area contributed by atoms with Gasteiger partial charge < -0.3 is 14.2 Å². The zero-order chi connectivity index (χ0) is 20.1. The molecule has 0 atom stereocenters. The number of carbonyl (C=O) groups excluding carboxylic acids is 1. The van der Waals surface area contributed by atoms with Gasteiger partial charge in [-0.2, -0.15) is 0 Å². The predicted octanol–water partition coefficient (Wildman–Crippen LogP) is 4.47. The molecule has 6 nitrogen and oxygen atoms in total. The van der Waals surface area contributed by atoms with Gasteiger partial charge in [0.1, 0.15) is 18.1 Å². The maximum atomic E-state index is 12.3. The number of nitrogens with zero attached hydrogens (tertiary/aromatic N) is 2. The van der Waals surface area contributed by atoms with E-state index in [2.05, 4.69) is 9.98 Å². The third-order valence-corrected chi connectivity index (χ3v) is 4.73. The van der Waals surface area contributed by atoms with E-state index in [0.717, 1.165) is 17.0 Å². The molecule has 1 aliphatic heterocycles. The number of carbonyl (C=O) groups is 1. The first-order valence-electron chi connectivity index (χ1n) is 9.07. The smallest absolute Gasteiger partial charge is 0.363 e. The number of thiazole rings is 1. The highest BCUT2D eigenvalue weighted by Gasteiger charge is 2.26. The number of rotatable bonds is 7. The van der Waals surface area contributed by atoms with Crippen molar-refractivity contribution in [2.45, 2.75) is 13.5 Å². The summed E-state index contributed by atoms with van der Waals surface area (Å²) in [5.41, 5.74) is 4.38. The van der Waals surface area contributed by atoms with Crippen LogP contribution >= 0.6 is 11.3 Å². The zero-order valence-electron chi connectivity index (χ0n) is 15.7. The summed E-state index contributed by atoms with van der Waals surface area (Å²) in [5.74, 6) is 1.11. The van der Waals surface area contributed by atoms with E-state index < -0.39 is 5.97 Å². The Morgan fingerprint density at radius 2 is 1.93 bits per heavy atom. The standard InChI is InChI=1S/C22H18N2O4S/c1-2-26-20-6-4-3-5-18(20)21-24-19(22(25)28-21)11-15-7-9-17(10-8-15)27-12-16-13-29-14-23-16/h3-11,13-14H,2,12H2,1H3/b19-11-. The van der Waals surface area contributed by atoms with Gasteiger partial charge in [0.15, 0.2) is 5.70 Å². The van der Waals surface area contributed by atoms with E-state index in [0.29, 0.717) is 24.5 Å². The van der Waals surface area contributed by atoms with Gasteiger partial charge in [-0.15, -0.1) is 11.3 Å². The lowest BCUT2D eigenvalue weighted by Crippen LogP contribution is -2.07. The van der Waals surface area contributed by atoms with Gasteiger partial charge in [-0.05, 0) is 42.8 Å². The zero-order valence-corrected chi connectivity index (χ0v) is 16.5. The number of cyclic esters (lactones) is 1. The van der Waals surface area contributed by atoms with Crippen LogP contribution in [0.5, 0.6) is 11.5 Å². The molecular weight excluding hydrogens is 388 g/mol. The van der Waals surface area contributed by atoms with Crippen molar-refractivity contribution in [3.63, 3.8) is 0 Å². The van der Waals surface area contributed by atoms with Crippen LogP contribution in [0.3, 0.4) is 0 Å². The van der Waals surface area contributed by atoms with Gasteiger partial charge >= 0.3 is 5.97 Å². The van der Waals surface area contributed by atoms with Crippen LogP contribution in [-0.4, -0.2) is 23.5 Å². The molecule has 2 heterocycles. The van der Waals surface area contributed by atoms with Crippen LogP contribution in [-0.2, 0) is 16.1 Å². The van der Waals surface area contributed by atoms with Crippen LogP contribution in [0.1, 0.15) is 23.7 Å². The van der Waals surface area contributed by atoms with Crippen molar-refractivity contribution in [1.82, 2.24) is 4.98 Å². The molecule has 0 amide bonds. The van der Waals surface area contributed by atoms with Gasteiger partial charge in [0.2, 0.25) is 5.90 Å². The van der Waals surface area contributed by atoms with E-state index in [1.807, 2.05) is 60.8 Å². The molecule has 0 unspecified atom stereocenters. The SMILES string of the molecule is CCOc1ccccc1C1=N/C(=C\c2ccc(OCc3cscn3)cc2)C(=O)O1. The second-order valence-electron chi connectivity index (χ2n) is 6.10.